The summed E-state index contributed by atoms with van der Waals surface area (Å²) in [5.41, 5.74) is 0. The Bertz CT molecular complexity index is 412. The molecule has 2 rings (SSSR count). The minimum absolute atomic E-state index is 0.123. The number of methoxy groups -OCH3 is 1. The predicted molar refractivity (Wildman–Crippen MR) is 69.0 cm³/mol. The van der Waals surface area contributed by atoms with Crippen LogP contribution in [0.15, 0.2) is 0 Å². The van der Waals surface area contributed by atoms with E-state index >= 15 is 0 Å². The molecule has 1 saturated carbocycles. The van der Waals surface area contributed by atoms with Crippen molar-refractivity contribution < 1.29 is 24.2 Å². The fraction of sp³-hybridized carbons (Fsp3) is 0.769. The van der Waals surface area contributed by atoms with Gasteiger partial charge in [-0.2, -0.15) is 0 Å². The highest BCUT2D eigenvalue weighted by Crippen LogP contribution is 2.26. The molecule has 1 aliphatic carbocycles. The number of ether oxygens (including phenoxy) is 1. The molecule has 3 atom stereocenters. The average Bonchev–Trinajstić information content (AvgIpc) is 3.06. The van der Waals surface area contributed by atoms with Gasteiger partial charge in [0.15, 0.2) is 0 Å². The van der Waals surface area contributed by atoms with Gasteiger partial charge in [0.05, 0.1) is 13.0 Å². The Balaban J connectivity index is 1.89. The van der Waals surface area contributed by atoms with E-state index in [9.17, 15) is 14.4 Å². The van der Waals surface area contributed by atoms with Gasteiger partial charge in [0.25, 0.3) is 0 Å². The highest BCUT2D eigenvalue weighted by molar-refractivity contribution is 5.84. The van der Waals surface area contributed by atoms with Crippen molar-refractivity contribution in [1.82, 2.24) is 10.2 Å². The molecule has 20 heavy (non-hydrogen) atoms. The molecule has 1 aliphatic heterocycles. The minimum Gasteiger partial charge on any atom is -0.481 e. The smallest absolute Gasteiger partial charge is 0.328 e. The van der Waals surface area contributed by atoms with Crippen LogP contribution in [0.5, 0.6) is 0 Å². The molecule has 0 aromatic rings. The second kappa shape index (κ2) is 6.11. The summed E-state index contributed by atoms with van der Waals surface area (Å²) < 4.78 is 4.69. The predicted octanol–water partition coefficient (Wildman–Crippen LogP) is 0.587. The first-order chi connectivity index (χ1) is 9.52. The summed E-state index contributed by atoms with van der Waals surface area (Å²) in [7, 11) is 1.31. The molecule has 1 unspecified atom stereocenters. The van der Waals surface area contributed by atoms with Gasteiger partial charge in [-0.3, -0.25) is 4.79 Å². The number of urea groups is 1. The monoisotopic (exact) mass is 284 g/mol. The van der Waals surface area contributed by atoms with Gasteiger partial charge in [0.1, 0.15) is 6.04 Å². The van der Waals surface area contributed by atoms with E-state index in [-0.39, 0.29) is 18.0 Å². The summed E-state index contributed by atoms with van der Waals surface area (Å²) in [4.78, 5) is 36.1. The lowest BCUT2D eigenvalue weighted by molar-refractivity contribution is -0.145. The standard InChI is InChI=1S/C13H20N2O5/c1-20-12(18)10-3-2-6-15(10)13(19)14-9-5-4-8(7-9)11(16)17/h8-10H,2-7H2,1H3,(H,14,19)(H,16,17)/t8-,9+,10?/m1/s1. The Morgan fingerprint density at radius 2 is 2.00 bits per heavy atom. The van der Waals surface area contributed by atoms with Gasteiger partial charge < -0.3 is 20.1 Å². The van der Waals surface area contributed by atoms with E-state index in [4.69, 9.17) is 9.84 Å². The Labute approximate surface area is 117 Å². The molecule has 0 aromatic heterocycles. The van der Waals surface area contributed by atoms with Gasteiger partial charge in [-0.25, -0.2) is 9.59 Å². The topological polar surface area (TPSA) is 95.9 Å². The number of hydrogen-bond donors (Lipinski definition) is 2. The van der Waals surface area contributed by atoms with Gasteiger partial charge in [-0.05, 0) is 32.1 Å². The molecule has 2 amide bonds. The van der Waals surface area contributed by atoms with E-state index in [0.29, 0.717) is 32.2 Å². The van der Waals surface area contributed by atoms with Crippen LogP contribution in [-0.2, 0) is 14.3 Å². The van der Waals surface area contributed by atoms with Crippen LogP contribution < -0.4 is 5.32 Å². The maximum atomic E-state index is 12.2. The van der Waals surface area contributed by atoms with E-state index in [2.05, 4.69) is 5.32 Å². The molecule has 0 spiro atoms. The van der Waals surface area contributed by atoms with Crippen molar-refractivity contribution in [1.29, 1.82) is 0 Å². The number of carbonyl (C=O) groups excluding carboxylic acids is 2. The summed E-state index contributed by atoms with van der Waals surface area (Å²) in [6, 6.07) is -0.937. The zero-order valence-electron chi connectivity index (χ0n) is 11.5. The van der Waals surface area contributed by atoms with Crippen molar-refractivity contribution in [3.8, 4) is 0 Å². The lowest BCUT2D eigenvalue weighted by Crippen LogP contribution is -2.48. The normalized spacial score (nSPS) is 29.2. The van der Waals surface area contributed by atoms with E-state index in [1.165, 1.54) is 12.0 Å². The highest BCUT2D eigenvalue weighted by Gasteiger charge is 2.37. The van der Waals surface area contributed by atoms with Crippen LogP contribution in [0.2, 0.25) is 0 Å². The van der Waals surface area contributed by atoms with E-state index in [0.717, 1.165) is 6.42 Å². The van der Waals surface area contributed by atoms with E-state index in [1.807, 2.05) is 0 Å². The first-order valence-corrected chi connectivity index (χ1v) is 6.90. The summed E-state index contributed by atoms with van der Waals surface area (Å²) >= 11 is 0. The average molecular weight is 284 g/mol. The van der Waals surface area contributed by atoms with Crippen LogP contribution in [-0.4, -0.2) is 53.7 Å². The van der Waals surface area contributed by atoms with Crippen molar-refractivity contribution >= 4 is 18.0 Å². The highest BCUT2D eigenvalue weighted by atomic mass is 16.5. The minimum atomic E-state index is -0.810. The number of rotatable bonds is 3. The van der Waals surface area contributed by atoms with E-state index < -0.39 is 18.0 Å². The summed E-state index contributed by atoms with van der Waals surface area (Å²) in [6.07, 6.45) is 3.09. The van der Waals surface area contributed by atoms with E-state index in [1.54, 1.807) is 0 Å². The maximum absolute atomic E-state index is 12.2. The molecule has 0 bridgehead atoms. The molecule has 2 fully saturated rings. The summed E-state index contributed by atoms with van der Waals surface area (Å²) in [5.74, 6) is -1.59. The first-order valence-electron chi connectivity index (χ1n) is 6.90. The lowest BCUT2D eigenvalue weighted by atomic mass is 10.1. The third kappa shape index (κ3) is 3.02. The zero-order chi connectivity index (χ0) is 14.7. The van der Waals surface area contributed by atoms with Crippen LogP contribution in [0.3, 0.4) is 0 Å². The number of esters is 1. The van der Waals surface area contributed by atoms with Crippen molar-refractivity contribution in [3.63, 3.8) is 0 Å². The fourth-order valence-electron chi connectivity index (χ4n) is 2.99. The third-order valence-corrected chi connectivity index (χ3v) is 4.10. The number of aliphatic carboxylic acids is 1. The number of likely N-dealkylation sites (tertiary alicyclic amines) is 1. The van der Waals surface area contributed by atoms with Crippen LogP contribution >= 0.6 is 0 Å². The molecular weight excluding hydrogens is 264 g/mol. The van der Waals surface area contributed by atoms with Gasteiger partial charge in [-0.1, -0.05) is 0 Å². The number of amides is 2. The number of carboxylic acid groups (broad SMARTS) is 1. The molecule has 7 nitrogen and oxygen atoms in total. The van der Waals surface area contributed by atoms with Gasteiger partial charge in [0.2, 0.25) is 0 Å². The molecule has 2 aliphatic rings. The van der Waals surface area contributed by atoms with Crippen molar-refractivity contribution in [2.45, 2.75) is 44.2 Å². The van der Waals surface area contributed by atoms with Crippen LogP contribution in [0.4, 0.5) is 4.79 Å². The van der Waals surface area contributed by atoms with Crippen molar-refractivity contribution in [2.75, 3.05) is 13.7 Å². The number of nitrogens with one attached hydrogen (secondary N) is 1. The first kappa shape index (κ1) is 14.6. The van der Waals surface area contributed by atoms with Crippen molar-refractivity contribution in [2.24, 2.45) is 5.92 Å². The molecule has 1 saturated heterocycles. The van der Waals surface area contributed by atoms with Crippen LogP contribution in [0, 0.1) is 5.92 Å². The molecule has 0 radical (unpaired) electrons. The van der Waals surface area contributed by atoms with Gasteiger partial charge in [0, 0.05) is 12.6 Å². The van der Waals surface area contributed by atoms with Crippen LogP contribution in [0.25, 0.3) is 0 Å². The number of hydrogen-bond acceptors (Lipinski definition) is 4. The molecular formula is C13H20N2O5. The SMILES string of the molecule is COC(=O)C1CCCN1C(=O)N[C@H]1CC[C@@H](C(=O)O)C1. The Morgan fingerprint density at radius 1 is 1.25 bits per heavy atom. The molecule has 2 N–H and O–H groups in total. The largest absolute Gasteiger partial charge is 0.481 e. The van der Waals surface area contributed by atoms with Crippen molar-refractivity contribution in [3.05, 3.63) is 0 Å². The summed E-state index contributed by atoms with van der Waals surface area (Å²) in [6.45, 7) is 0.528. The molecule has 7 heteroatoms. The fourth-order valence-corrected chi connectivity index (χ4v) is 2.99. The number of carboxylic acids is 1. The number of nitrogens with zero attached hydrogens (tertiary/aromatic N) is 1. The Kier molecular flexibility index (Phi) is 4.46. The Morgan fingerprint density at radius 3 is 2.60 bits per heavy atom. The lowest BCUT2D eigenvalue weighted by Gasteiger charge is -2.25. The second-order valence-corrected chi connectivity index (χ2v) is 5.37. The molecule has 0 aromatic carbocycles. The van der Waals surface area contributed by atoms with Gasteiger partial charge in [-0.15, -0.1) is 0 Å². The quantitative estimate of drug-likeness (QED) is 0.739. The number of carbonyl (C=O) groups is 3. The summed E-state index contributed by atoms with van der Waals surface area (Å²) in [5, 5.41) is 11.8. The Hall–Kier alpha value is -1.79. The molecule has 112 valence electrons. The third-order valence-electron chi connectivity index (χ3n) is 4.10. The van der Waals surface area contributed by atoms with Gasteiger partial charge >= 0.3 is 18.0 Å². The van der Waals surface area contributed by atoms with Crippen LogP contribution in [0.1, 0.15) is 32.1 Å². The zero-order valence-corrected chi connectivity index (χ0v) is 11.5. The molecule has 1 heterocycles. The second-order valence-electron chi connectivity index (χ2n) is 5.37. The maximum Gasteiger partial charge on any atom is 0.328 e.